The van der Waals surface area contributed by atoms with Gasteiger partial charge in [0.15, 0.2) is 0 Å². The van der Waals surface area contributed by atoms with Gasteiger partial charge in [-0.15, -0.1) is 0 Å². The van der Waals surface area contributed by atoms with Gasteiger partial charge in [0.1, 0.15) is 11.7 Å². The summed E-state index contributed by atoms with van der Waals surface area (Å²) in [5, 5.41) is 2.57. The van der Waals surface area contributed by atoms with Crippen molar-refractivity contribution in [1.82, 2.24) is 10.3 Å². The van der Waals surface area contributed by atoms with Crippen molar-refractivity contribution in [3.05, 3.63) is 53.7 Å². The predicted octanol–water partition coefficient (Wildman–Crippen LogP) is 3.40. The maximum Gasteiger partial charge on any atom is 0.433 e. The monoisotopic (exact) mass is 379 g/mol. The van der Waals surface area contributed by atoms with E-state index in [9.17, 15) is 22.8 Å². The zero-order valence-corrected chi connectivity index (χ0v) is 14.9. The molecule has 2 aromatic rings. The maximum absolute atomic E-state index is 12.8. The Labute approximate surface area is 154 Å². The van der Waals surface area contributed by atoms with Crippen LogP contribution in [0, 0.1) is 5.92 Å². The molecule has 0 spiro atoms. The number of hydrogen-bond acceptors (Lipinski definition) is 3. The average Bonchev–Trinajstić information content (AvgIpc) is 2.60. The second kappa shape index (κ2) is 8.20. The second-order valence-corrected chi connectivity index (χ2v) is 6.54. The molecule has 0 unspecified atom stereocenters. The summed E-state index contributed by atoms with van der Waals surface area (Å²) in [6, 6.07) is 8.75. The van der Waals surface area contributed by atoms with E-state index in [0.717, 1.165) is 6.07 Å². The fourth-order valence-corrected chi connectivity index (χ4v) is 2.50. The lowest BCUT2D eigenvalue weighted by molar-refractivity contribution is -0.141. The molecule has 2 amide bonds. The van der Waals surface area contributed by atoms with Crippen molar-refractivity contribution in [3.8, 4) is 11.3 Å². The Kier molecular flexibility index (Phi) is 6.20. The Morgan fingerprint density at radius 1 is 1.11 bits per heavy atom. The third-order valence-electron chi connectivity index (χ3n) is 3.84. The van der Waals surface area contributed by atoms with Gasteiger partial charge < -0.3 is 11.1 Å². The summed E-state index contributed by atoms with van der Waals surface area (Å²) >= 11 is 0. The van der Waals surface area contributed by atoms with Crippen molar-refractivity contribution in [2.75, 3.05) is 0 Å². The van der Waals surface area contributed by atoms with Gasteiger partial charge in [0, 0.05) is 11.1 Å². The summed E-state index contributed by atoms with van der Waals surface area (Å²) in [5.74, 6) is -0.943. The third kappa shape index (κ3) is 5.54. The molecule has 0 aliphatic heterocycles. The van der Waals surface area contributed by atoms with Crippen molar-refractivity contribution in [2.45, 2.75) is 32.5 Å². The highest BCUT2D eigenvalue weighted by Crippen LogP contribution is 2.29. The van der Waals surface area contributed by atoms with E-state index in [-0.39, 0.29) is 17.2 Å². The fraction of sp³-hybridized carbons (Fsp3) is 0.316. The molecule has 0 saturated heterocycles. The van der Waals surface area contributed by atoms with Crippen LogP contribution in [0.15, 0.2) is 42.5 Å². The van der Waals surface area contributed by atoms with Crippen LogP contribution in [0.25, 0.3) is 11.3 Å². The first-order valence-corrected chi connectivity index (χ1v) is 8.33. The third-order valence-corrected chi connectivity index (χ3v) is 3.84. The Balaban J connectivity index is 2.17. The summed E-state index contributed by atoms with van der Waals surface area (Å²) in [6.07, 6.45) is -4.12. The lowest BCUT2D eigenvalue weighted by Crippen LogP contribution is -2.45. The minimum absolute atomic E-state index is 0.145. The number of benzene rings is 1. The van der Waals surface area contributed by atoms with Crippen molar-refractivity contribution >= 4 is 11.8 Å². The molecule has 0 fully saturated rings. The number of carbonyl (C=O) groups excluding carboxylic acids is 2. The highest BCUT2D eigenvalue weighted by atomic mass is 19.4. The van der Waals surface area contributed by atoms with Crippen LogP contribution in [-0.2, 0) is 11.0 Å². The van der Waals surface area contributed by atoms with Gasteiger partial charge in [-0.05, 0) is 36.6 Å². The predicted molar refractivity (Wildman–Crippen MR) is 94.6 cm³/mol. The van der Waals surface area contributed by atoms with Gasteiger partial charge in [-0.3, -0.25) is 9.59 Å². The van der Waals surface area contributed by atoms with E-state index in [1.54, 1.807) is 0 Å². The number of halogens is 3. The van der Waals surface area contributed by atoms with Gasteiger partial charge in [0.2, 0.25) is 5.91 Å². The normalized spacial score (nSPS) is 12.7. The number of aromatic nitrogens is 1. The smallest absolute Gasteiger partial charge is 0.368 e. The Hall–Kier alpha value is -2.90. The summed E-state index contributed by atoms with van der Waals surface area (Å²) < 4.78 is 38.3. The number of primary amides is 1. The van der Waals surface area contributed by atoms with E-state index >= 15 is 0 Å². The fourth-order valence-electron chi connectivity index (χ4n) is 2.50. The highest BCUT2D eigenvalue weighted by Gasteiger charge is 2.32. The summed E-state index contributed by atoms with van der Waals surface area (Å²) in [6.45, 7) is 3.80. The SMILES string of the molecule is CC(C)C[C@H](NC(=O)c1ccc(-c2cccc(C(F)(F)F)n2)cc1)C(N)=O. The first kappa shape index (κ1) is 20.4. The van der Waals surface area contributed by atoms with Crippen LogP contribution in [0.4, 0.5) is 13.2 Å². The highest BCUT2D eigenvalue weighted by molar-refractivity contribution is 5.97. The largest absolute Gasteiger partial charge is 0.433 e. The van der Waals surface area contributed by atoms with Gasteiger partial charge in [0.25, 0.3) is 5.91 Å². The molecule has 0 aliphatic carbocycles. The van der Waals surface area contributed by atoms with E-state index in [4.69, 9.17) is 5.73 Å². The van der Waals surface area contributed by atoms with Crippen molar-refractivity contribution in [2.24, 2.45) is 11.7 Å². The standard InChI is InChI=1S/C19H20F3N3O2/c1-11(2)10-15(17(23)26)25-18(27)13-8-6-12(7-9-13)14-4-3-5-16(24-14)19(20,21)22/h3-9,11,15H,10H2,1-2H3,(H2,23,26)(H,25,27)/t15-/m0/s1. The van der Waals surface area contributed by atoms with Crippen LogP contribution in [0.1, 0.15) is 36.3 Å². The van der Waals surface area contributed by atoms with Gasteiger partial charge >= 0.3 is 6.18 Å². The molecular weight excluding hydrogens is 359 g/mol. The molecule has 2 rings (SSSR count). The molecule has 1 heterocycles. The van der Waals surface area contributed by atoms with E-state index in [1.165, 1.54) is 36.4 Å². The Bertz CT molecular complexity index is 818. The zero-order valence-electron chi connectivity index (χ0n) is 14.9. The molecule has 1 aromatic heterocycles. The maximum atomic E-state index is 12.8. The molecule has 0 saturated carbocycles. The van der Waals surface area contributed by atoms with Crippen LogP contribution in [0.3, 0.4) is 0 Å². The van der Waals surface area contributed by atoms with Crippen molar-refractivity contribution in [1.29, 1.82) is 0 Å². The average molecular weight is 379 g/mol. The number of carbonyl (C=O) groups is 2. The second-order valence-electron chi connectivity index (χ2n) is 6.54. The molecule has 27 heavy (non-hydrogen) atoms. The number of hydrogen-bond donors (Lipinski definition) is 2. The molecule has 8 heteroatoms. The van der Waals surface area contributed by atoms with Gasteiger partial charge in [-0.2, -0.15) is 13.2 Å². The minimum Gasteiger partial charge on any atom is -0.368 e. The molecule has 0 radical (unpaired) electrons. The summed E-state index contributed by atoms with van der Waals surface area (Å²) in [4.78, 5) is 27.4. The Morgan fingerprint density at radius 2 is 1.74 bits per heavy atom. The van der Waals surface area contributed by atoms with Gasteiger partial charge in [0.05, 0.1) is 5.69 Å². The molecule has 3 N–H and O–H groups in total. The molecular formula is C19H20F3N3O2. The van der Waals surface area contributed by atoms with E-state index in [1.807, 2.05) is 13.8 Å². The van der Waals surface area contributed by atoms with Crippen LogP contribution in [0.2, 0.25) is 0 Å². The summed E-state index contributed by atoms with van der Waals surface area (Å²) in [7, 11) is 0. The number of amides is 2. The number of alkyl halides is 3. The number of nitrogens with zero attached hydrogens (tertiary/aromatic N) is 1. The minimum atomic E-state index is -4.53. The van der Waals surface area contributed by atoms with Crippen LogP contribution >= 0.6 is 0 Å². The van der Waals surface area contributed by atoms with Gasteiger partial charge in [-0.1, -0.05) is 32.0 Å². The number of nitrogens with two attached hydrogens (primary N) is 1. The molecule has 1 atom stereocenters. The zero-order chi connectivity index (χ0) is 20.2. The quantitative estimate of drug-likeness (QED) is 0.807. The van der Waals surface area contributed by atoms with E-state index in [0.29, 0.717) is 12.0 Å². The lowest BCUT2D eigenvalue weighted by Gasteiger charge is -2.17. The van der Waals surface area contributed by atoms with Crippen LogP contribution in [0.5, 0.6) is 0 Å². The summed E-state index contributed by atoms with van der Waals surface area (Å²) in [5.41, 5.74) is 5.17. The van der Waals surface area contributed by atoms with E-state index < -0.39 is 29.7 Å². The van der Waals surface area contributed by atoms with Crippen LogP contribution in [-0.4, -0.2) is 22.8 Å². The number of pyridine rings is 1. The number of nitrogens with one attached hydrogen (secondary N) is 1. The molecule has 1 aromatic carbocycles. The Morgan fingerprint density at radius 3 is 2.26 bits per heavy atom. The molecule has 144 valence electrons. The van der Waals surface area contributed by atoms with Crippen LogP contribution < -0.4 is 11.1 Å². The lowest BCUT2D eigenvalue weighted by atomic mass is 10.0. The van der Waals surface area contributed by atoms with Crippen molar-refractivity contribution in [3.63, 3.8) is 0 Å². The first-order valence-electron chi connectivity index (χ1n) is 8.33. The topological polar surface area (TPSA) is 85.1 Å². The first-order chi connectivity index (χ1) is 12.6. The van der Waals surface area contributed by atoms with E-state index in [2.05, 4.69) is 10.3 Å². The molecule has 0 bridgehead atoms. The number of rotatable bonds is 6. The van der Waals surface area contributed by atoms with Crippen molar-refractivity contribution < 1.29 is 22.8 Å². The molecule has 0 aliphatic rings. The van der Waals surface area contributed by atoms with Gasteiger partial charge in [-0.25, -0.2) is 4.98 Å². The molecule has 5 nitrogen and oxygen atoms in total.